The second-order valence-corrected chi connectivity index (χ2v) is 8.31. The van der Waals surface area contributed by atoms with Crippen LogP contribution in [-0.4, -0.2) is 79.9 Å². The molecule has 0 saturated heterocycles. The number of nitrogens with zero attached hydrogens (tertiary/aromatic N) is 1. The number of aliphatic carboxylic acids is 1. The lowest BCUT2D eigenvalue weighted by atomic mass is 10.1. The van der Waals surface area contributed by atoms with Crippen LogP contribution >= 0.6 is 12.6 Å². The van der Waals surface area contributed by atoms with Gasteiger partial charge < -0.3 is 36.9 Å². The average molecular weight is 507 g/mol. The molecule has 0 aliphatic heterocycles. The third-order valence-corrected chi connectivity index (χ3v) is 5.47. The van der Waals surface area contributed by atoms with Gasteiger partial charge >= 0.3 is 5.97 Å². The third-order valence-electron chi connectivity index (χ3n) is 5.11. The number of aliphatic hydroxyl groups excluding tert-OH is 1. The molecule has 0 fully saturated rings. The van der Waals surface area contributed by atoms with Crippen molar-refractivity contribution >= 4 is 36.3 Å². The number of nitrogens with two attached hydrogens (primary N) is 1. The molecule has 0 aliphatic rings. The number of nitrogens with one attached hydrogen (secondary N) is 4. The molecule has 3 amide bonds. The van der Waals surface area contributed by atoms with Crippen LogP contribution in [0.5, 0.6) is 0 Å². The standard InChI is InChI=1S/C22H30N6O6S/c1-12(29)18(22(33)34)28-20(31)16(8-14-9-24-11-25-14)26-21(32)17(10-35)27-19(30)15(23)7-13-5-3-2-4-6-13/h2-6,9,11-12,15-18,29,35H,7-8,10,23H2,1H3,(H,24,25)(H,26,32)(H,27,30)(H,28,31)(H,33,34). The van der Waals surface area contributed by atoms with Crippen LogP contribution in [0.1, 0.15) is 18.2 Å². The van der Waals surface area contributed by atoms with E-state index in [1.807, 2.05) is 30.3 Å². The molecule has 1 aromatic carbocycles. The summed E-state index contributed by atoms with van der Waals surface area (Å²) in [6.45, 7) is 1.21. The summed E-state index contributed by atoms with van der Waals surface area (Å²) in [5.74, 6) is -3.65. The Morgan fingerprint density at radius 1 is 1.03 bits per heavy atom. The molecule has 0 saturated carbocycles. The van der Waals surface area contributed by atoms with E-state index in [0.29, 0.717) is 5.69 Å². The van der Waals surface area contributed by atoms with Gasteiger partial charge in [-0.3, -0.25) is 14.4 Å². The maximum absolute atomic E-state index is 12.9. The predicted molar refractivity (Wildman–Crippen MR) is 129 cm³/mol. The van der Waals surface area contributed by atoms with Crippen LogP contribution in [0.4, 0.5) is 0 Å². The van der Waals surface area contributed by atoms with Crippen molar-refractivity contribution in [2.75, 3.05) is 5.75 Å². The van der Waals surface area contributed by atoms with Crippen molar-refractivity contribution in [3.8, 4) is 0 Å². The highest BCUT2D eigenvalue weighted by molar-refractivity contribution is 7.80. The molecule has 5 unspecified atom stereocenters. The molecular formula is C22H30N6O6S. The number of aromatic amines is 1. The summed E-state index contributed by atoms with van der Waals surface area (Å²) in [6, 6.07) is 4.28. The highest BCUT2D eigenvalue weighted by atomic mass is 32.1. The largest absolute Gasteiger partial charge is 0.480 e. The highest BCUT2D eigenvalue weighted by Gasteiger charge is 2.32. The van der Waals surface area contributed by atoms with Gasteiger partial charge in [0.1, 0.15) is 12.1 Å². The zero-order valence-electron chi connectivity index (χ0n) is 19.0. The van der Waals surface area contributed by atoms with E-state index in [4.69, 9.17) is 5.73 Å². The maximum Gasteiger partial charge on any atom is 0.328 e. The monoisotopic (exact) mass is 506 g/mol. The van der Waals surface area contributed by atoms with Crippen LogP contribution < -0.4 is 21.7 Å². The van der Waals surface area contributed by atoms with Gasteiger partial charge in [0.2, 0.25) is 17.7 Å². The minimum atomic E-state index is -1.58. The number of thiol groups is 1. The summed E-state index contributed by atoms with van der Waals surface area (Å²) in [4.78, 5) is 56.3. The van der Waals surface area contributed by atoms with Crippen molar-refractivity contribution in [1.82, 2.24) is 25.9 Å². The number of carboxylic acids is 1. The first-order chi connectivity index (χ1) is 16.6. The van der Waals surface area contributed by atoms with Gasteiger partial charge in [-0.25, -0.2) is 9.78 Å². The van der Waals surface area contributed by atoms with E-state index < -0.39 is 54.0 Å². The molecule has 12 nitrogen and oxygen atoms in total. The second kappa shape index (κ2) is 13.5. The van der Waals surface area contributed by atoms with Crippen molar-refractivity contribution in [2.45, 2.75) is 50.0 Å². The van der Waals surface area contributed by atoms with Crippen LogP contribution in [0.25, 0.3) is 0 Å². The quantitative estimate of drug-likeness (QED) is 0.148. The molecule has 0 radical (unpaired) electrons. The van der Waals surface area contributed by atoms with Gasteiger partial charge in [0, 0.05) is 24.1 Å². The molecule has 0 bridgehead atoms. The van der Waals surface area contributed by atoms with Gasteiger partial charge in [0.05, 0.1) is 18.5 Å². The molecule has 2 rings (SSSR count). The molecule has 0 aliphatic carbocycles. The number of hydrogen-bond donors (Lipinski definition) is 8. The summed E-state index contributed by atoms with van der Waals surface area (Å²) in [6.07, 6.45) is 1.65. The minimum absolute atomic E-state index is 0.0511. The van der Waals surface area contributed by atoms with Gasteiger partial charge in [0.15, 0.2) is 6.04 Å². The number of carboxylic acid groups (broad SMARTS) is 1. The molecule has 8 N–H and O–H groups in total. The zero-order chi connectivity index (χ0) is 26.0. The first-order valence-electron chi connectivity index (χ1n) is 10.8. The van der Waals surface area contributed by atoms with E-state index in [9.17, 15) is 29.4 Å². The van der Waals surface area contributed by atoms with E-state index in [-0.39, 0.29) is 18.6 Å². The first kappa shape index (κ1) is 27.8. The molecule has 13 heteroatoms. The smallest absolute Gasteiger partial charge is 0.328 e. The van der Waals surface area contributed by atoms with Crippen molar-refractivity contribution in [3.05, 3.63) is 54.1 Å². The predicted octanol–water partition coefficient (Wildman–Crippen LogP) is -1.63. The Morgan fingerprint density at radius 2 is 1.66 bits per heavy atom. The van der Waals surface area contributed by atoms with Gasteiger partial charge in [-0.2, -0.15) is 12.6 Å². The number of hydrogen-bond acceptors (Lipinski definition) is 8. The summed E-state index contributed by atoms with van der Waals surface area (Å²) < 4.78 is 0. The minimum Gasteiger partial charge on any atom is -0.480 e. The Labute approximate surface area is 207 Å². The van der Waals surface area contributed by atoms with Gasteiger partial charge in [-0.1, -0.05) is 30.3 Å². The normalized spacial score (nSPS) is 15.2. The number of aliphatic hydroxyl groups is 1. The topological polar surface area (TPSA) is 200 Å². The number of H-pyrrole nitrogens is 1. The molecular weight excluding hydrogens is 476 g/mol. The molecule has 190 valence electrons. The Kier molecular flexibility index (Phi) is 10.7. The molecule has 35 heavy (non-hydrogen) atoms. The van der Waals surface area contributed by atoms with Crippen molar-refractivity contribution in [1.29, 1.82) is 0 Å². The number of imidazole rings is 1. The Morgan fingerprint density at radius 3 is 2.20 bits per heavy atom. The fraction of sp³-hybridized carbons (Fsp3) is 0.409. The van der Waals surface area contributed by atoms with Gasteiger partial charge in [0.25, 0.3) is 0 Å². The number of benzene rings is 1. The number of carbonyl (C=O) groups is 4. The van der Waals surface area contributed by atoms with E-state index in [1.165, 1.54) is 19.4 Å². The van der Waals surface area contributed by atoms with E-state index in [1.54, 1.807) is 0 Å². The summed E-state index contributed by atoms with van der Waals surface area (Å²) in [7, 11) is 0. The summed E-state index contributed by atoms with van der Waals surface area (Å²) in [5.41, 5.74) is 7.32. The second-order valence-electron chi connectivity index (χ2n) is 7.95. The Hall–Kier alpha value is -3.42. The summed E-state index contributed by atoms with van der Waals surface area (Å²) >= 11 is 4.13. The third kappa shape index (κ3) is 8.70. The molecule has 5 atom stereocenters. The van der Waals surface area contributed by atoms with Crippen LogP contribution in [0, 0.1) is 0 Å². The van der Waals surface area contributed by atoms with Crippen LogP contribution in [-0.2, 0) is 32.0 Å². The number of rotatable bonds is 13. The lowest BCUT2D eigenvalue weighted by Crippen LogP contribution is -2.59. The first-order valence-corrected chi connectivity index (χ1v) is 11.4. The van der Waals surface area contributed by atoms with Crippen LogP contribution in [0.3, 0.4) is 0 Å². The maximum atomic E-state index is 12.9. The van der Waals surface area contributed by atoms with Crippen molar-refractivity contribution in [3.63, 3.8) is 0 Å². The molecule has 0 spiro atoms. The van der Waals surface area contributed by atoms with E-state index >= 15 is 0 Å². The van der Waals surface area contributed by atoms with Crippen LogP contribution in [0.15, 0.2) is 42.9 Å². The lowest BCUT2D eigenvalue weighted by Gasteiger charge is -2.25. The highest BCUT2D eigenvalue weighted by Crippen LogP contribution is 2.05. The molecule has 1 aromatic heterocycles. The van der Waals surface area contributed by atoms with E-state index in [0.717, 1.165) is 5.56 Å². The van der Waals surface area contributed by atoms with E-state index in [2.05, 4.69) is 38.5 Å². The molecule has 2 aromatic rings. The lowest BCUT2D eigenvalue weighted by molar-refractivity contribution is -0.145. The zero-order valence-corrected chi connectivity index (χ0v) is 19.9. The Balaban J connectivity index is 2.08. The van der Waals surface area contributed by atoms with Crippen LogP contribution in [0.2, 0.25) is 0 Å². The molecule has 1 heterocycles. The number of carbonyl (C=O) groups excluding carboxylic acids is 3. The van der Waals surface area contributed by atoms with Gasteiger partial charge in [-0.15, -0.1) is 0 Å². The fourth-order valence-electron chi connectivity index (χ4n) is 3.17. The fourth-order valence-corrected chi connectivity index (χ4v) is 3.43. The van der Waals surface area contributed by atoms with Crippen molar-refractivity contribution < 1.29 is 29.4 Å². The number of amides is 3. The number of aromatic nitrogens is 2. The van der Waals surface area contributed by atoms with Crippen molar-refractivity contribution in [2.24, 2.45) is 5.73 Å². The average Bonchev–Trinajstić information content (AvgIpc) is 3.33. The summed E-state index contributed by atoms with van der Waals surface area (Å²) in [5, 5.41) is 26.2. The SMILES string of the molecule is CC(O)C(NC(=O)C(Cc1cnc[nH]1)NC(=O)C(CS)NC(=O)C(N)Cc1ccccc1)C(=O)O. The Bertz CT molecular complexity index is 988. The van der Waals surface area contributed by atoms with Gasteiger partial charge in [-0.05, 0) is 18.9 Å².